The fourth-order valence-electron chi connectivity index (χ4n) is 3.07. The number of phosphoric ester groups is 1. The summed E-state index contributed by atoms with van der Waals surface area (Å²) in [5.74, 6) is 0.415. The maximum atomic E-state index is 12.0. The van der Waals surface area contributed by atoms with Gasteiger partial charge in [-0.05, 0) is 0 Å². The number of phosphoric acid groups is 3. The highest BCUT2D eigenvalue weighted by Crippen LogP contribution is 2.66. The van der Waals surface area contributed by atoms with Crippen LogP contribution < -0.4 is 5.32 Å². The Morgan fingerprint density at radius 2 is 1.82 bits per heavy atom. The first-order valence-corrected chi connectivity index (χ1v) is 13.3. The molecule has 2 aromatic rings. The van der Waals surface area contributed by atoms with E-state index in [1.165, 1.54) is 24.3 Å². The van der Waals surface area contributed by atoms with Crippen LogP contribution in [0, 0.1) is 0 Å². The average Bonchev–Trinajstić information content (AvgIpc) is 3.23. The minimum absolute atomic E-state index is 0.293. The van der Waals surface area contributed by atoms with Gasteiger partial charge < -0.3 is 39.5 Å². The second-order valence-corrected chi connectivity index (χ2v) is 10.9. The van der Waals surface area contributed by atoms with Gasteiger partial charge in [0.05, 0.1) is 12.9 Å². The Morgan fingerprint density at radius 3 is 2.42 bits per heavy atom. The van der Waals surface area contributed by atoms with Gasteiger partial charge in [-0.1, -0.05) is 0 Å². The number of rotatable bonds is 10. The lowest BCUT2D eigenvalue weighted by Crippen LogP contribution is -2.35. The van der Waals surface area contributed by atoms with Crippen LogP contribution in [0.25, 0.3) is 11.2 Å². The summed E-state index contributed by atoms with van der Waals surface area (Å²) in [7, 11) is -13.7. The normalized spacial score (nSPS) is 27.4. The molecule has 1 fully saturated rings. The zero-order valence-corrected chi connectivity index (χ0v) is 19.5. The SMILES string of the molecule is CNc1ncnc2c1ncn2C1OC(COP(=O)(O)OP(=O)(O)OP(=O)(O)O)C(OC)C1O. The van der Waals surface area contributed by atoms with Crippen molar-refractivity contribution in [3.63, 3.8) is 0 Å². The molecule has 1 saturated heterocycles. The topological polar surface area (TPSA) is 254 Å². The summed E-state index contributed by atoms with van der Waals surface area (Å²) in [6.45, 7) is -0.806. The third kappa shape index (κ3) is 6.21. The van der Waals surface area contributed by atoms with E-state index in [1.807, 2.05) is 0 Å². The van der Waals surface area contributed by atoms with Crippen molar-refractivity contribution in [2.24, 2.45) is 0 Å². The Bertz CT molecular complexity index is 1140. The van der Waals surface area contributed by atoms with Crippen LogP contribution in [0.1, 0.15) is 6.23 Å². The highest BCUT2D eigenvalue weighted by atomic mass is 31.3. The van der Waals surface area contributed by atoms with Gasteiger partial charge in [-0.3, -0.25) is 9.09 Å². The molecule has 0 amide bonds. The maximum absolute atomic E-state index is 12.0. The molecule has 18 nitrogen and oxygen atoms in total. The van der Waals surface area contributed by atoms with Crippen LogP contribution in [0.5, 0.6) is 0 Å². The molecule has 1 aliphatic heterocycles. The van der Waals surface area contributed by atoms with E-state index < -0.39 is 54.6 Å². The molecule has 186 valence electrons. The smallest absolute Gasteiger partial charge is 0.386 e. The van der Waals surface area contributed by atoms with Crippen molar-refractivity contribution in [3.05, 3.63) is 12.7 Å². The number of aliphatic hydroxyl groups excluding tert-OH is 1. The quantitative estimate of drug-likeness (QED) is 0.209. The lowest BCUT2D eigenvalue weighted by atomic mass is 10.1. The molecule has 2 aromatic heterocycles. The van der Waals surface area contributed by atoms with Gasteiger partial charge in [0.15, 0.2) is 17.7 Å². The number of imidazole rings is 1. The molecule has 0 saturated carbocycles. The molecule has 6 unspecified atom stereocenters. The zero-order chi connectivity index (χ0) is 24.6. The molecule has 6 atom stereocenters. The first kappa shape index (κ1) is 26.2. The van der Waals surface area contributed by atoms with Crippen LogP contribution in [-0.4, -0.2) is 83.3 Å². The van der Waals surface area contributed by atoms with E-state index in [-0.39, 0.29) is 0 Å². The van der Waals surface area contributed by atoms with E-state index in [1.54, 1.807) is 7.05 Å². The summed E-state index contributed by atoms with van der Waals surface area (Å²) in [6, 6.07) is 0. The van der Waals surface area contributed by atoms with Crippen molar-refractivity contribution in [1.29, 1.82) is 0 Å². The molecular weight excluding hydrogens is 515 g/mol. The van der Waals surface area contributed by atoms with E-state index >= 15 is 0 Å². The third-order valence-electron chi connectivity index (χ3n) is 4.27. The fourth-order valence-corrected chi connectivity index (χ4v) is 6.10. The van der Waals surface area contributed by atoms with E-state index in [0.29, 0.717) is 17.0 Å². The number of nitrogens with zero attached hydrogens (tertiary/aromatic N) is 4. The number of fused-ring (bicyclic) bond motifs is 1. The van der Waals surface area contributed by atoms with Crippen molar-refractivity contribution in [2.75, 3.05) is 26.1 Å². The number of nitrogens with one attached hydrogen (secondary N) is 1. The van der Waals surface area contributed by atoms with E-state index in [4.69, 9.17) is 19.3 Å². The standard InChI is InChI=1S/C12H20N5O13P3/c1-13-10-7-11(15-4-14-10)17(5-16-7)12-8(18)9(26-2)6(28-12)3-27-32(22,23)30-33(24,25)29-31(19,20)21/h4-6,8-9,12,18H,3H2,1-2H3,(H,22,23)(H,24,25)(H,13,14,15)(H2,19,20,21). The summed E-state index contributed by atoms with van der Waals surface area (Å²) in [6.07, 6.45) is -2.20. The molecule has 0 spiro atoms. The molecule has 0 radical (unpaired) electrons. The van der Waals surface area contributed by atoms with Gasteiger partial charge in [0.2, 0.25) is 0 Å². The predicted octanol–water partition coefficient (Wildman–Crippen LogP) is -0.515. The van der Waals surface area contributed by atoms with Gasteiger partial charge in [0, 0.05) is 14.2 Å². The number of hydrogen-bond donors (Lipinski definition) is 6. The molecule has 0 aromatic carbocycles. The van der Waals surface area contributed by atoms with Gasteiger partial charge in [0.25, 0.3) is 0 Å². The van der Waals surface area contributed by atoms with E-state index in [9.17, 15) is 28.6 Å². The molecule has 0 aliphatic carbocycles. The number of anilines is 1. The second-order valence-electron chi connectivity index (χ2n) is 6.44. The Morgan fingerprint density at radius 1 is 1.12 bits per heavy atom. The number of hydrogen-bond acceptors (Lipinski definition) is 13. The first-order valence-electron chi connectivity index (χ1n) is 8.77. The summed E-state index contributed by atoms with van der Waals surface area (Å²) >= 11 is 0. The fraction of sp³-hybridized carbons (Fsp3) is 0.583. The lowest BCUT2D eigenvalue weighted by molar-refractivity contribution is -0.0526. The number of aromatic nitrogens is 4. The Hall–Kier alpha value is -1.36. The van der Waals surface area contributed by atoms with Crippen LogP contribution in [0.3, 0.4) is 0 Å². The number of methoxy groups -OCH3 is 1. The zero-order valence-electron chi connectivity index (χ0n) is 16.8. The molecule has 21 heteroatoms. The minimum Gasteiger partial charge on any atom is -0.386 e. The molecule has 3 rings (SSSR count). The highest BCUT2D eigenvalue weighted by Gasteiger charge is 2.47. The van der Waals surface area contributed by atoms with Crippen molar-refractivity contribution >= 4 is 40.4 Å². The van der Waals surface area contributed by atoms with Crippen LogP contribution in [0.15, 0.2) is 12.7 Å². The van der Waals surface area contributed by atoms with Crippen molar-refractivity contribution in [1.82, 2.24) is 19.5 Å². The second kappa shape index (κ2) is 9.71. The summed E-state index contributed by atoms with van der Waals surface area (Å²) in [5.41, 5.74) is 0.670. The molecule has 3 heterocycles. The molecule has 1 aliphatic rings. The van der Waals surface area contributed by atoms with Crippen LogP contribution in [0.2, 0.25) is 0 Å². The molecule has 33 heavy (non-hydrogen) atoms. The molecule has 6 N–H and O–H groups in total. The van der Waals surface area contributed by atoms with E-state index in [0.717, 1.165) is 0 Å². The minimum atomic E-state index is -5.67. The maximum Gasteiger partial charge on any atom is 0.490 e. The Labute approximate surface area is 184 Å². The van der Waals surface area contributed by atoms with Gasteiger partial charge >= 0.3 is 23.5 Å². The number of ether oxygens (including phenoxy) is 2. The average molecular weight is 535 g/mol. The largest absolute Gasteiger partial charge is 0.490 e. The predicted molar refractivity (Wildman–Crippen MR) is 105 cm³/mol. The van der Waals surface area contributed by atoms with Gasteiger partial charge in [-0.2, -0.15) is 8.62 Å². The third-order valence-corrected chi connectivity index (χ3v) is 8.07. The van der Waals surface area contributed by atoms with Crippen molar-refractivity contribution < 1.29 is 61.0 Å². The summed E-state index contributed by atoms with van der Waals surface area (Å²) in [4.78, 5) is 48.2. The monoisotopic (exact) mass is 535 g/mol. The highest BCUT2D eigenvalue weighted by molar-refractivity contribution is 7.66. The Kier molecular flexibility index (Phi) is 7.73. The summed E-state index contributed by atoms with van der Waals surface area (Å²) < 4.78 is 58.2. The van der Waals surface area contributed by atoms with Crippen LogP contribution in [0.4, 0.5) is 5.82 Å². The Balaban J connectivity index is 1.74. The van der Waals surface area contributed by atoms with Crippen molar-refractivity contribution in [2.45, 2.75) is 24.5 Å². The van der Waals surface area contributed by atoms with Gasteiger partial charge in [-0.25, -0.2) is 28.6 Å². The number of aliphatic hydroxyl groups is 1. The lowest BCUT2D eigenvalue weighted by Gasteiger charge is -2.20. The van der Waals surface area contributed by atoms with E-state index in [2.05, 4.69) is 33.4 Å². The summed E-state index contributed by atoms with van der Waals surface area (Å²) in [5, 5.41) is 13.5. The van der Waals surface area contributed by atoms with Gasteiger partial charge in [0.1, 0.15) is 30.2 Å². The molecular formula is C12H20N5O13P3. The first-order chi connectivity index (χ1) is 15.3. The van der Waals surface area contributed by atoms with Crippen LogP contribution in [-0.2, 0) is 36.3 Å². The van der Waals surface area contributed by atoms with Gasteiger partial charge in [-0.15, -0.1) is 0 Å². The van der Waals surface area contributed by atoms with Crippen molar-refractivity contribution in [3.8, 4) is 0 Å². The molecule has 0 bridgehead atoms. The van der Waals surface area contributed by atoms with Crippen LogP contribution >= 0.6 is 23.5 Å².